The van der Waals surface area contributed by atoms with Gasteiger partial charge in [0.2, 0.25) is 0 Å². The molecule has 0 aromatic heterocycles. The zero-order valence-corrected chi connectivity index (χ0v) is 4.59. The highest BCUT2D eigenvalue weighted by atomic mass is 14.6. The number of rotatable bonds is 0. The van der Waals surface area contributed by atoms with Crippen LogP contribution in [0.5, 0.6) is 0 Å². The van der Waals surface area contributed by atoms with Crippen LogP contribution in [0.3, 0.4) is 0 Å². The lowest BCUT2D eigenvalue weighted by atomic mass is 10.1. The van der Waals surface area contributed by atoms with Gasteiger partial charge in [0.05, 0.1) is 0 Å². The van der Waals surface area contributed by atoms with E-state index in [1.54, 1.807) is 0 Å². The van der Waals surface area contributed by atoms with Crippen LogP contribution in [0.1, 0.15) is 13.3 Å². The molecule has 0 spiro atoms. The summed E-state index contributed by atoms with van der Waals surface area (Å²) < 4.78 is 0. The van der Waals surface area contributed by atoms with Crippen LogP contribution in [0, 0.1) is 5.92 Å². The minimum Gasteiger partial charge on any atom is -0.324 e. The second-order valence-electron chi connectivity index (χ2n) is 2.26. The molecule has 0 saturated heterocycles. The van der Waals surface area contributed by atoms with Crippen LogP contribution in [0.15, 0.2) is 12.2 Å². The Labute approximate surface area is 44.2 Å². The molecule has 0 bridgehead atoms. The lowest BCUT2D eigenvalue weighted by Crippen LogP contribution is -2.13. The van der Waals surface area contributed by atoms with Gasteiger partial charge in [0.15, 0.2) is 0 Å². The van der Waals surface area contributed by atoms with Crippen LogP contribution in [0.2, 0.25) is 0 Å². The summed E-state index contributed by atoms with van der Waals surface area (Å²) in [4.78, 5) is 0. The largest absolute Gasteiger partial charge is 0.324 e. The van der Waals surface area contributed by atoms with Crippen LogP contribution < -0.4 is 5.73 Å². The summed E-state index contributed by atoms with van der Waals surface area (Å²) in [6.45, 7) is 2.18. The van der Waals surface area contributed by atoms with Crippen molar-refractivity contribution < 1.29 is 0 Å². The van der Waals surface area contributed by atoms with Gasteiger partial charge in [0.1, 0.15) is 0 Å². The Balaban J connectivity index is 2.42. The molecule has 0 amide bonds. The predicted molar refractivity (Wildman–Crippen MR) is 30.9 cm³/mol. The lowest BCUT2D eigenvalue weighted by molar-refractivity contribution is 0.641. The van der Waals surface area contributed by atoms with E-state index in [0.29, 0.717) is 6.04 Å². The Morgan fingerprint density at radius 2 is 2.29 bits per heavy atom. The molecule has 0 aromatic rings. The number of nitrogens with two attached hydrogens (primary N) is 1. The number of allylic oxidation sites excluding steroid dienone is 1. The molecule has 2 N–H and O–H groups in total. The minimum atomic E-state index is 0.343. The Morgan fingerprint density at radius 1 is 1.57 bits per heavy atom. The van der Waals surface area contributed by atoms with E-state index in [2.05, 4.69) is 19.1 Å². The Kier molecular flexibility index (Phi) is 1.15. The zero-order chi connectivity index (χ0) is 5.28. The maximum Gasteiger partial charge on any atom is 0.0229 e. The van der Waals surface area contributed by atoms with Gasteiger partial charge in [-0.25, -0.2) is 0 Å². The van der Waals surface area contributed by atoms with Gasteiger partial charge in [0.25, 0.3) is 0 Å². The molecule has 1 nitrogen and oxygen atoms in total. The van der Waals surface area contributed by atoms with Crippen molar-refractivity contribution in [2.45, 2.75) is 19.4 Å². The summed E-state index contributed by atoms with van der Waals surface area (Å²) in [7, 11) is 0. The van der Waals surface area contributed by atoms with Crippen molar-refractivity contribution in [3.8, 4) is 0 Å². The minimum absolute atomic E-state index is 0.343. The molecule has 1 aliphatic rings. The van der Waals surface area contributed by atoms with E-state index in [1.807, 2.05) is 0 Å². The Hall–Kier alpha value is -0.300. The van der Waals surface area contributed by atoms with Crippen LogP contribution in [0.4, 0.5) is 0 Å². The molecule has 1 aliphatic carbocycles. The quantitative estimate of drug-likeness (QED) is 0.447. The number of hydrogen-bond acceptors (Lipinski definition) is 1. The Morgan fingerprint density at radius 3 is 2.43 bits per heavy atom. The van der Waals surface area contributed by atoms with Gasteiger partial charge in [-0.05, 0) is 12.3 Å². The van der Waals surface area contributed by atoms with E-state index in [1.165, 1.54) is 0 Å². The summed E-state index contributed by atoms with van der Waals surface area (Å²) in [6, 6.07) is 0.343. The number of hydrogen-bond donors (Lipinski definition) is 1. The molecular weight excluding hydrogens is 86.1 g/mol. The van der Waals surface area contributed by atoms with Crippen LogP contribution in [0.25, 0.3) is 0 Å². The van der Waals surface area contributed by atoms with Crippen molar-refractivity contribution in [1.29, 1.82) is 0 Å². The smallest absolute Gasteiger partial charge is 0.0229 e. The summed E-state index contributed by atoms with van der Waals surface area (Å²) in [5.74, 6) is 0.718. The summed E-state index contributed by atoms with van der Waals surface area (Å²) in [5, 5.41) is 0. The standard InChI is InChI=1S/C6H11N/c1-5-2-3-6(7)4-5/h2-3,5-6H,4,7H2,1H3/t5-,6+/m0/s1. The summed E-state index contributed by atoms with van der Waals surface area (Å²) in [6.07, 6.45) is 5.38. The average molecular weight is 97.2 g/mol. The fraction of sp³-hybridized carbons (Fsp3) is 0.667. The highest BCUT2D eigenvalue weighted by molar-refractivity contribution is 5.02. The van der Waals surface area contributed by atoms with E-state index in [-0.39, 0.29) is 0 Å². The van der Waals surface area contributed by atoms with Crippen molar-refractivity contribution >= 4 is 0 Å². The van der Waals surface area contributed by atoms with Crippen molar-refractivity contribution in [2.24, 2.45) is 11.7 Å². The molecular formula is C6H11N. The molecule has 0 fully saturated rings. The van der Waals surface area contributed by atoms with Crippen molar-refractivity contribution in [3.05, 3.63) is 12.2 Å². The SMILES string of the molecule is C[C@H]1C=C[C@@H](N)C1. The zero-order valence-electron chi connectivity index (χ0n) is 4.59. The fourth-order valence-corrected chi connectivity index (χ4v) is 0.919. The molecule has 0 aromatic carbocycles. The molecule has 40 valence electrons. The molecule has 7 heavy (non-hydrogen) atoms. The van der Waals surface area contributed by atoms with Gasteiger partial charge >= 0.3 is 0 Å². The van der Waals surface area contributed by atoms with E-state index in [0.717, 1.165) is 12.3 Å². The topological polar surface area (TPSA) is 26.0 Å². The normalized spacial score (nSPS) is 39.7. The van der Waals surface area contributed by atoms with Crippen molar-refractivity contribution in [2.75, 3.05) is 0 Å². The molecule has 0 radical (unpaired) electrons. The van der Waals surface area contributed by atoms with Crippen LogP contribution in [-0.2, 0) is 0 Å². The van der Waals surface area contributed by atoms with Gasteiger partial charge in [-0.2, -0.15) is 0 Å². The third-order valence-electron chi connectivity index (χ3n) is 1.33. The lowest BCUT2D eigenvalue weighted by Gasteiger charge is -1.97. The van der Waals surface area contributed by atoms with Gasteiger partial charge < -0.3 is 5.73 Å². The van der Waals surface area contributed by atoms with Gasteiger partial charge in [0, 0.05) is 6.04 Å². The molecule has 0 heterocycles. The molecule has 1 rings (SSSR count). The van der Waals surface area contributed by atoms with Gasteiger partial charge in [-0.3, -0.25) is 0 Å². The summed E-state index contributed by atoms with van der Waals surface area (Å²) in [5.41, 5.74) is 5.54. The maximum atomic E-state index is 5.54. The van der Waals surface area contributed by atoms with Crippen molar-refractivity contribution in [1.82, 2.24) is 0 Å². The molecule has 0 unspecified atom stereocenters. The molecule has 0 saturated carbocycles. The highest BCUT2D eigenvalue weighted by Crippen LogP contribution is 2.13. The monoisotopic (exact) mass is 97.1 g/mol. The first-order chi connectivity index (χ1) is 3.29. The van der Waals surface area contributed by atoms with E-state index in [4.69, 9.17) is 5.73 Å². The van der Waals surface area contributed by atoms with E-state index in [9.17, 15) is 0 Å². The van der Waals surface area contributed by atoms with Gasteiger partial charge in [-0.1, -0.05) is 19.1 Å². The second kappa shape index (κ2) is 1.66. The van der Waals surface area contributed by atoms with Gasteiger partial charge in [-0.15, -0.1) is 0 Å². The van der Waals surface area contributed by atoms with E-state index < -0.39 is 0 Å². The molecule has 0 aliphatic heterocycles. The first kappa shape index (κ1) is 4.85. The molecule has 2 atom stereocenters. The first-order valence-corrected chi connectivity index (χ1v) is 2.73. The maximum absolute atomic E-state index is 5.54. The Bertz CT molecular complexity index is 76.2. The van der Waals surface area contributed by atoms with Crippen LogP contribution >= 0.6 is 0 Å². The average Bonchev–Trinajstić information content (AvgIpc) is 1.87. The fourth-order valence-electron chi connectivity index (χ4n) is 0.919. The molecule has 1 heteroatoms. The predicted octanol–water partition coefficient (Wildman–Crippen LogP) is 0.910. The third kappa shape index (κ3) is 1.03. The third-order valence-corrected chi connectivity index (χ3v) is 1.33. The van der Waals surface area contributed by atoms with Crippen LogP contribution in [-0.4, -0.2) is 6.04 Å². The second-order valence-corrected chi connectivity index (χ2v) is 2.26. The summed E-state index contributed by atoms with van der Waals surface area (Å²) >= 11 is 0. The highest BCUT2D eigenvalue weighted by Gasteiger charge is 2.08. The first-order valence-electron chi connectivity index (χ1n) is 2.73. The van der Waals surface area contributed by atoms with E-state index >= 15 is 0 Å². The van der Waals surface area contributed by atoms with Crippen molar-refractivity contribution in [3.63, 3.8) is 0 Å².